The highest BCUT2D eigenvalue weighted by molar-refractivity contribution is 6.14. The van der Waals surface area contributed by atoms with Gasteiger partial charge in [-0.3, -0.25) is 0 Å². The molecule has 0 aliphatic heterocycles. The van der Waals surface area contributed by atoms with Crippen molar-refractivity contribution in [3.63, 3.8) is 0 Å². The van der Waals surface area contributed by atoms with Gasteiger partial charge in [0.2, 0.25) is 0 Å². The third kappa shape index (κ3) is 5.41. The first-order valence-corrected chi connectivity index (χ1v) is 17.7. The second kappa shape index (κ2) is 12.8. The molecule has 0 fully saturated rings. The average molecular weight is 681 g/mol. The Kier molecular flexibility index (Phi) is 7.36. The lowest BCUT2D eigenvalue weighted by Crippen LogP contribution is -2.10. The summed E-state index contributed by atoms with van der Waals surface area (Å²) in [4.78, 5) is 15.1. The van der Waals surface area contributed by atoms with E-state index in [1.807, 2.05) is 0 Å². The largest absolute Gasteiger partial charge is 0.317 e. The van der Waals surface area contributed by atoms with Gasteiger partial charge in [-0.1, -0.05) is 78.9 Å². The quantitative estimate of drug-likeness (QED) is 0.168. The van der Waals surface area contributed by atoms with Crippen molar-refractivity contribution < 1.29 is 0 Å². The van der Waals surface area contributed by atoms with E-state index in [9.17, 15) is 0 Å². The zero-order valence-corrected chi connectivity index (χ0v) is 28.7. The van der Waals surface area contributed by atoms with Crippen molar-refractivity contribution >= 4 is 49.8 Å². The highest BCUT2D eigenvalue weighted by atomic mass is 15.1. The van der Waals surface area contributed by atoms with Crippen molar-refractivity contribution in [2.45, 2.75) is 0 Å². The van der Waals surface area contributed by atoms with Crippen LogP contribution in [0.1, 0.15) is 0 Å². The maximum atomic E-state index is 4.37. The Bertz CT molecular complexity index is 2760. The highest BCUT2D eigenvalue weighted by Crippen LogP contribution is 2.41. The van der Waals surface area contributed by atoms with Gasteiger partial charge < -0.3 is 14.0 Å². The average Bonchev–Trinajstić information content (AvgIpc) is 3.80. The third-order valence-electron chi connectivity index (χ3n) is 9.98. The van der Waals surface area contributed by atoms with Crippen LogP contribution in [-0.2, 0) is 0 Å². The summed E-state index contributed by atoms with van der Waals surface area (Å²) in [6.07, 6.45) is 5.23. The Balaban J connectivity index is 1.18. The number of hydrogen-bond acceptors (Lipinski definition) is 4. The first kappa shape index (κ1) is 30.5. The minimum absolute atomic E-state index is 0.645. The fourth-order valence-electron chi connectivity index (χ4n) is 7.47. The van der Waals surface area contributed by atoms with Crippen LogP contribution in [0.3, 0.4) is 0 Å². The first-order valence-electron chi connectivity index (χ1n) is 17.7. The van der Waals surface area contributed by atoms with E-state index in [-0.39, 0.29) is 0 Å². The van der Waals surface area contributed by atoms with Gasteiger partial charge in [0.1, 0.15) is 12.7 Å². The summed E-state index contributed by atoms with van der Waals surface area (Å²) in [7, 11) is 0. The summed E-state index contributed by atoms with van der Waals surface area (Å²) in [6, 6.07) is 62.6. The lowest BCUT2D eigenvalue weighted by molar-refractivity contribution is 1.06. The summed E-state index contributed by atoms with van der Waals surface area (Å²) < 4.78 is 4.66. The summed E-state index contributed by atoms with van der Waals surface area (Å²) in [5, 5.41) is 3.57. The van der Waals surface area contributed by atoms with Crippen LogP contribution in [0, 0.1) is 0 Å². The lowest BCUT2D eigenvalue weighted by Gasteiger charge is -2.26. The Hall–Kier alpha value is -7.31. The van der Waals surface area contributed by atoms with Gasteiger partial charge in [-0.05, 0) is 108 Å². The van der Waals surface area contributed by atoms with Gasteiger partial charge >= 0.3 is 0 Å². The number of rotatable bonds is 7. The molecule has 0 N–H and O–H groups in total. The van der Waals surface area contributed by atoms with Crippen LogP contribution < -0.4 is 4.90 Å². The number of anilines is 3. The molecule has 0 amide bonds. The van der Waals surface area contributed by atoms with E-state index in [0.717, 1.165) is 39.5 Å². The monoisotopic (exact) mass is 680 g/mol. The Labute approximate surface area is 306 Å². The fourth-order valence-corrected chi connectivity index (χ4v) is 7.47. The molecule has 0 bridgehead atoms. The fraction of sp³-hybridized carbons (Fsp3) is 0. The second-order valence-corrected chi connectivity index (χ2v) is 13.1. The lowest BCUT2D eigenvalue weighted by atomic mass is 10.0. The maximum Gasteiger partial charge on any atom is 0.162 e. The molecule has 250 valence electrons. The zero-order valence-electron chi connectivity index (χ0n) is 28.7. The molecule has 10 aromatic rings. The number of benzene rings is 7. The van der Waals surface area contributed by atoms with E-state index >= 15 is 0 Å². The molecule has 0 saturated carbocycles. The molecule has 10 rings (SSSR count). The van der Waals surface area contributed by atoms with E-state index in [4.69, 9.17) is 0 Å². The Morgan fingerprint density at radius 1 is 0.415 bits per heavy atom. The van der Waals surface area contributed by atoms with Crippen LogP contribution in [0.4, 0.5) is 17.1 Å². The van der Waals surface area contributed by atoms with Crippen LogP contribution in [-0.4, -0.2) is 24.1 Å². The molecule has 0 aliphatic rings. The third-order valence-corrected chi connectivity index (χ3v) is 9.98. The number of hydrogen-bond donors (Lipinski definition) is 0. The van der Waals surface area contributed by atoms with E-state index in [1.54, 1.807) is 0 Å². The Morgan fingerprint density at radius 2 is 0.981 bits per heavy atom. The van der Waals surface area contributed by atoms with Crippen molar-refractivity contribution in [1.29, 1.82) is 0 Å². The Morgan fingerprint density at radius 3 is 1.66 bits per heavy atom. The summed E-state index contributed by atoms with van der Waals surface area (Å²) >= 11 is 0. The smallest absolute Gasteiger partial charge is 0.162 e. The van der Waals surface area contributed by atoms with Crippen LogP contribution in [0.2, 0.25) is 0 Å². The van der Waals surface area contributed by atoms with Crippen molar-refractivity contribution in [3.05, 3.63) is 195 Å². The van der Waals surface area contributed by atoms with Crippen molar-refractivity contribution in [3.8, 4) is 33.9 Å². The van der Waals surface area contributed by atoms with Gasteiger partial charge in [-0.15, -0.1) is 0 Å². The molecule has 0 atom stereocenters. The number of aromatic nitrogens is 5. The molecule has 3 aromatic heterocycles. The maximum absolute atomic E-state index is 4.37. The molecule has 0 spiro atoms. The van der Waals surface area contributed by atoms with Crippen LogP contribution in [0.25, 0.3) is 66.6 Å². The van der Waals surface area contributed by atoms with Crippen molar-refractivity contribution in [2.75, 3.05) is 4.90 Å². The highest BCUT2D eigenvalue weighted by Gasteiger charge is 2.19. The van der Waals surface area contributed by atoms with Crippen molar-refractivity contribution in [2.24, 2.45) is 0 Å². The van der Waals surface area contributed by atoms with Gasteiger partial charge in [0, 0.05) is 56.4 Å². The van der Waals surface area contributed by atoms with E-state index in [0.29, 0.717) is 5.82 Å². The van der Waals surface area contributed by atoms with Crippen LogP contribution in [0.5, 0.6) is 0 Å². The minimum Gasteiger partial charge on any atom is -0.317 e. The molecular weight excluding hydrogens is 649 g/mol. The molecular formula is C47H32N6. The minimum atomic E-state index is 0.645. The zero-order chi connectivity index (χ0) is 35.1. The van der Waals surface area contributed by atoms with Gasteiger partial charge in [0.05, 0.1) is 16.6 Å². The SMILES string of the molecule is c1ccc(-c2ccc(N(c3ccc(-c4ncncn4)cc3)c3ccc4c(c3)c3cc5c(ccn5-c5ccccc5)cc3n4-c3ccccc3)cc2)cc1. The van der Waals surface area contributed by atoms with E-state index in [1.165, 1.54) is 51.0 Å². The first-order chi connectivity index (χ1) is 26.3. The predicted molar refractivity (Wildman–Crippen MR) is 217 cm³/mol. The standard InChI is InChI=1S/C47H32N6/c1-4-10-33(11-5-1)34-16-20-39(21-17-34)52(40-22-18-35(19-23-40)47-49-31-48-32-50-47)41-24-25-44-42(29-41)43-30-45-36(26-27-51(45)37-12-6-2-7-13-37)28-46(43)53(44)38-14-8-3-9-15-38/h1-32H. The summed E-state index contributed by atoms with van der Waals surface area (Å²) in [5.74, 6) is 0.645. The molecule has 0 saturated heterocycles. The number of nitrogens with zero attached hydrogens (tertiary/aromatic N) is 6. The van der Waals surface area contributed by atoms with Crippen LogP contribution in [0.15, 0.2) is 195 Å². The molecule has 0 unspecified atom stereocenters. The number of para-hydroxylation sites is 2. The summed E-state index contributed by atoms with van der Waals surface area (Å²) in [5.41, 5.74) is 12.2. The summed E-state index contributed by atoms with van der Waals surface area (Å²) in [6.45, 7) is 0. The molecule has 7 aromatic carbocycles. The van der Waals surface area contributed by atoms with E-state index in [2.05, 4.69) is 211 Å². The van der Waals surface area contributed by atoms with Crippen molar-refractivity contribution in [1.82, 2.24) is 24.1 Å². The topological polar surface area (TPSA) is 51.8 Å². The molecule has 3 heterocycles. The van der Waals surface area contributed by atoms with Gasteiger partial charge in [0.25, 0.3) is 0 Å². The number of fused-ring (bicyclic) bond motifs is 4. The van der Waals surface area contributed by atoms with Gasteiger partial charge in [-0.25, -0.2) is 15.0 Å². The molecule has 0 aliphatic carbocycles. The predicted octanol–water partition coefficient (Wildman–Crippen LogP) is 11.7. The second-order valence-electron chi connectivity index (χ2n) is 13.1. The van der Waals surface area contributed by atoms with E-state index < -0.39 is 0 Å². The normalized spacial score (nSPS) is 11.4. The van der Waals surface area contributed by atoms with Gasteiger partial charge in [0.15, 0.2) is 5.82 Å². The molecule has 6 heteroatoms. The molecule has 0 radical (unpaired) electrons. The van der Waals surface area contributed by atoms with Crippen LogP contribution >= 0.6 is 0 Å². The van der Waals surface area contributed by atoms with Gasteiger partial charge in [-0.2, -0.15) is 0 Å². The molecule has 6 nitrogen and oxygen atoms in total. The molecule has 53 heavy (non-hydrogen) atoms.